The normalized spacial score (nSPS) is 10.1. The van der Waals surface area contributed by atoms with Crippen LogP contribution >= 0.6 is 0 Å². The number of carbonyl (C=O) groups is 1. The third kappa shape index (κ3) is 1.90. The van der Waals surface area contributed by atoms with Crippen LogP contribution in [0.15, 0.2) is 6.07 Å². The summed E-state index contributed by atoms with van der Waals surface area (Å²) >= 11 is 0. The Hall–Kier alpha value is -1.12. The van der Waals surface area contributed by atoms with E-state index in [-0.39, 0.29) is 5.78 Å². The van der Waals surface area contributed by atoms with Crippen molar-refractivity contribution < 1.29 is 4.79 Å². The van der Waals surface area contributed by atoms with Crippen molar-refractivity contribution >= 4 is 5.78 Å². The van der Waals surface area contributed by atoms with Gasteiger partial charge in [-0.2, -0.15) is 5.10 Å². The van der Waals surface area contributed by atoms with Crippen LogP contribution in [0.5, 0.6) is 0 Å². The molecule has 1 aromatic heterocycles. The van der Waals surface area contributed by atoms with Crippen LogP contribution in [-0.2, 0) is 18.3 Å². The number of nitrogens with zero attached hydrogens (tertiary/aromatic N) is 2. The van der Waals surface area contributed by atoms with Gasteiger partial charge in [-0.1, -0.05) is 0 Å². The molecule has 60 valence electrons. The minimum Gasteiger partial charge on any atom is -0.300 e. The summed E-state index contributed by atoms with van der Waals surface area (Å²) in [6, 6.07) is 1.93. The van der Waals surface area contributed by atoms with Crippen molar-refractivity contribution in [3.8, 4) is 0 Å². The molecule has 1 heterocycles. The van der Waals surface area contributed by atoms with Gasteiger partial charge in [0.1, 0.15) is 5.78 Å². The first-order valence-corrected chi connectivity index (χ1v) is 3.58. The average Bonchev–Trinajstić information content (AvgIpc) is 2.09. The van der Waals surface area contributed by atoms with Crippen molar-refractivity contribution in [3.05, 3.63) is 17.5 Å². The van der Waals surface area contributed by atoms with Gasteiger partial charge in [-0.05, 0) is 19.9 Å². The zero-order valence-electron chi connectivity index (χ0n) is 7.09. The summed E-state index contributed by atoms with van der Waals surface area (Å²) < 4.78 is 1.75. The summed E-state index contributed by atoms with van der Waals surface area (Å²) in [7, 11) is 1.85. The summed E-state index contributed by atoms with van der Waals surface area (Å²) in [5, 5.41) is 4.13. The van der Waals surface area contributed by atoms with Crippen LogP contribution < -0.4 is 0 Å². The maximum absolute atomic E-state index is 10.7. The van der Waals surface area contributed by atoms with E-state index in [1.807, 2.05) is 20.0 Å². The van der Waals surface area contributed by atoms with Crippen LogP contribution in [0.3, 0.4) is 0 Å². The van der Waals surface area contributed by atoms with Gasteiger partial charge < -0.3 is 0 Å². The van der Waals surface area contributed by atoms with Gasteiger partial charge in [0.2, 0.25) is 0 Å². The van der Waals surface area contributed by atoms with Gasteiger partial charge in [-0.25, -0.2) is 0 Å². The van der Waals surface area contributed by atoms with E-state index in [9.17, 15) is 4.79 Å². The van der Waals surface area contributed by atoms with Crippen LogP contribution in [0.25, 0.3) is 0 Å². The standard InChI is InChI=1S/C8H12N2O/c1-6-4-8(5-7(2)11)10(3)9-6/h4H,5H2,1-3H3. The Morgan fingerprint density at radius 1 is 1.73 bits per heavy atom. The van der Waals surface area contributed by atoms with Crippen molar-refractivity contribution in [1.82, 2.24) is 9.78 Å². The predicted octanol–water partition coefficient (Wildman–Crippen LogP) is 0.860. The minimum atomic E-state index is 0.174. The van der Waals surface area contributed by atoms with Gasteiger partial charge in [0.25, 0.3) is 0 Å². The van der Waals surface area contributed by atoms with Crippen LogP contribution in [0.1, 0.15) is 18.3 Å². The highest BCUT2D eigenvalue weighted by Crippen LogP contribution is 2.02. The molecule has 0 spiro atoms. The second-order valence-corrected chi connectivity index (χ2v) is 2.78. The lowest BCUT2D eigenvalue weighted by atomic mass is 10.2. The molecule has 0 atom stereocenters. The zero-order chi connectivity index (χ0) is 8.43. The monoisotopic (exact) mass is 152 g/mol. The van der Waals surface area contributed by atoms with Gasteiger partial charge in [0, 0.05) is 19.2 Å². The van der Waals surface area contributed by atoms with Crippen molar-refractivity contribution in [1.29, 1.82) is 0 Å². The summed E-state index contributed by atoms with van der Waals surface area (Å²) in [6.45, 7) is 3.51. The first kappa shape index (κ1) is 7.98. The number of hydrogen-bond donors (Lipinski definition) is 0. The third-order valence-electron chi connectivity index (χ3n) is 1.53. The zero-order valence-corrected chi connectivity index (χ0v) is 7.09. The second-order valence-electron chi connectivity index (χ2n) is 2.78. The molecule has 3 heteroatoms. The van der Waals surface area contributed by atoms with Crippen LogP contribution in [0, 0.1) is 6.92 Å². The fraction of sp³-hybridized carbons (Fsp3) is 0.500. The maximum Gasteiger partial charge on any atom is 0.135 e. The molecule has 0 aliphatic rings. The fourth-order valence-electron chi connectivity index (χ4n) is 1.08. The fourth-order valence-corrected chi connectivity index (χ4v) is 1.08. The Bertz CT molecular complexity index is 276. The molecule has 0 amide bonds. The molecule has 1 rings (SSSR count). The topological polar surface area (TPSA) is 34.9 Å². The molecule has 0 fully saturated rings. The number of rotatable bonds is 2. The van der Waals surface area contributed by atoms with Crippen LogP contribution in [-0.4, -0.2) is 15.6 Å². The summed E-state index contributed by atoms with van der Waals surface area (Å²) in [5.41, 5.74) is 1.94. The van der Waals surface area contributed by atoms with Gasteiger partial charge in [-0.15, -0.1) is 0 Å². The van der Waals surface area contributed by atoms with Crippen molar-refractivity contribution in [2.75, 3.05) is 0 Å². The quantitative estimate of drug-likeness (QED) is 0.630. The molecule has 0 bridgehead atoms. The van der Waals surface area contributed by atoms with Crippen LogP contribution in [0.4, 0.5) is 0 Å². The molecule has 0 aliphatic carbocycles. The highest BCUT2D eigenvalue weighted by Gasteiger charge is 2.03. The van der Waals surface area contributed by atoms with E-state index < -0.39 is 0 Å². The number of carbonyl (C=O) groups excluding carboxylic acids is 1. The molecule has 3 nitrogen and oxygen atoms in total. The Morgan fingerprint density at radius 2 is 2.36 bits per heavy atom. The Morgan fingerprint density at radius 3 is 2.73 bits per heavy atom. The Labute approximate surface area is 66.0 Å². The number of ketones is 1. The molecule has 1 aromatic rings. The first-order chi connectivity index (χ1) is 5.09. The number of aromatic nitrogens is 2. The predicted molar refractivity (Wildman–Crippen MR) is 42.3 cm³/mol. The van der Waals surface area contributed by atoms with E-state index in [1.165, 1.54) is 0 Å². The Kier molecular flexibility index (Phi) is 2.08. The highest BCUT2D eigenvalue weighted by atomic mass is 16.1. The van der Waals surface area contributed by atoms with Gasteiger partial charge in [0.15, 0.2) is 0 Å². The molecule has 0 N–H and O–H groups in total. The van der Waals surface area contributed by atoms with Gasteiger partial charge in [0.05, 0.1) is 5.69 Å². The number of hydrogen-bond acceptors (Lipinski definition) is 2. The number of aryl methyl sites for hydroxylation is 2. The van der Waals surface area contributed by atoms with Crippen molar-refractivity contribution in [2.24, 2.45) is 7.05 Å². The second kappa shape index (κ2) is 2.86. The van der Waals surface area contributed by atoms with E-state index in [4.69, 9.17) is 0 Å². The van der Waals surface area contributed by atoms with E-state index in [0.29, 0.717) is 6.42 Å². The van der Waals surface area contributed by atoms with Crippen molar-refractivity contribution in [2.45, 2.75) is 20.3 Å². The lowest BCUT2D eigenvalue weighted by molar-refractivity contribution is -0.116. The molecular weight excluding hydrogens is 140 g/mol. The van der Waals surface area contributed by atoms with E-state index in [0.717, 1.165) is 11.4 Å². The Balaban J connectivity index is 2.85. The SMILES string of the molecule is CC(=O)Cc1cc(C)nn1C. The highest BCUT2D eigenvalue weighted by molar-refractivity contribution is 5.77. The largest absolute Gasteiger partial charge is 0.300 e. The molecule has 0 radical (unpaired) electrons. The molecular formula is C8H12N2O. The molecule has 0 saturated carbocycles. The average molecular weight is 152 g/mol. The number of Topliss-reactive ketones (excluding diaryl/α,β-unsaturated/α-hetero) is 1. The molecule has 11 heavy (non-hydrogen) atoms. The van der Waals surface area contributed by atoms with Crippen LogP contribution in [0.2, 0.25) is 0 Å². The van der Waals surface area contributed by atoms with E-state index in [1.54, 1.807) is 11.6 Å². The van der Waals surface area contributed by atoms with Gasteiger partial charge >= 0.3 is 0 Å². The third-order valence-corrected chi connectivity index (χ3v) is 1.53. The van der Waals surface area contributed by atoms with E-state index in [2.05, 4.69) is 5.10 Å². The lowest BCUT2D eigenvalue weighted by Gasteiger charge is -1.95. The summed E-state index contributed by atoms with van der Waals surface area (Å²) in [5.74, 6) is 0.174. The molecule has 0 unspecified atom stereocenters. The maximum atomic E-state index is 10.7. The first-order valence-electron chi connectivity index (χ1n) is 3.58. The molecule has 0 aliphatic heterocycles. The van der Waals surface area contributed by atoms with Gasteiger partial charge in [-0.3, -0.25) is 9.48 Å². The summed E-state index contributed by atoms with van der Waals surface area (Å²) in [6.07, 6.45) is 0.483. The molecule has 0 saturated heterocycles. The smallest absolute Gasteiger partial charge is 0.135 e. The lowest BCUT2D eigenvalue weighted by Crippen LogP contribution is -2.03. The minimum absolute atomic E-state index is 0.174. The van der Waals surface area contributed by atoms with Crippen molar-refractivity contribution in [3.63, 3.8) is 0 Å². The van der Waals surface area contributed by atoms with E-state index >= 15 is 0 Å². The molecule has 0 aromatic carbocycles. The summed E-state index contributed by atoms with van der Waals surface area (Å²) in [4.78, 5) is 10.7.